The molecular formula is C14H14N4O5S. The van der Waals surface area contributed by atoms with Gasteiger partial charge in [-0.1, -0.05) is 12.1 Å². The molecular weight excluding hydrogens is 336 g/mol. The summed E-state index contributed by atoms with van der Waals surface area (Å²) in [5, 5.41) is 20.0. The fraction of sp³-hybridized carbons (Fsp3) is 0.0714. The molecule has 0 saturated heterocycles. The monoisotopic (exact) mass is 350 g/mol. The van der Waals surface area contributed by atoms with Crippen molar-refractivity contribution in [3.8, 4) is 5.75 Å². The zero-order valence-electron chi connectivity index (χ0n) is 12.5. The van der Waals surface area contributed by atoms with E-state index in [9.17, 15) is 18.5 Å². The van der Waals surface area contributed by atoms with Crippen LogP contribution in [0.15, 0.2) is 52.5 Å². The van der Waals surface area contributed by atoms with Crippen molar-refractivity contribution in [2.45, 2.75) is 4.90 Å². The van der Waals surface area contributed by atoms with Gasteiger partial charge in [0, 0.05) is 6.07 Å². The van der Waals surface area contributed by atoms with E-state index in [2.05, 4.69) is 10.5 Å². The van der Waals surface area contributed by atoms with Gasteiger partial charge >= 0.3 is 0 Å². The highest BCUT2D eigenvalue weighted by atomic mass is 32.2. The molecule has 0 bridgehead atoms. The second kappa shape index (κ2) is 7.06. The van der Waals surface area contributed by atoms with E-state index in [4.69, 9.17) is 9.88 Å². The third kappa shape index (κ3) is 4.27. The normalized spacial score (nSPS) is 11.4. The number of hydrogen-bond acceptors (Lipinski definition) is 7. The molecule has 2 aromatic rings. The molecule has 0 spiro atoms. The molecule has 10 heteroatoms. The van der Waals surface area contributed by atoms with Crippen LogP contribution in [-0.4, -0.2) is 26.7 Å². The van der Waals surface area contributed by atoms with E-state index in [0.29, 0.717) is 11.3 Å². The lowest BCUT2D eigenvalue weighted by molar-refractivity contribution is -0.384. The van der Waals surface area contributed by atoms with Crippen molar-refractivity contribution in [2.24, 2.45) is 10.2 Å². The lowest BCUT2D eigenvalue weighted by Gasteiger charge is -2.04. The minimum atomic E-state index is -4.03. The second-order valence-electron chi connectivity index (χ2n) is 4.63. The molecule has 0 atom stereocenters. The van der Waals surface area contributed by atoms with Gasteiger partial charge in [-0.25, -0.2) is 13.6 Å². The molecule has 0 heterocycles. The number of rotatable bonds is 6. The van der Waals surface area contributed by atoms with Gasteiger partial charge < -0.3 is 4.74 Å². The van der Waals surface area contributed by atoms with E-state index in [1.54, 1.807) is 24.3 Å². The molecule has 0 aliphatic carbocycles. The predicted octanol–water partition coefficient (Wildman–Crippen LogP) is 1.70. The van der Waals surface area contributed by atoms with Crippen LogP contribution in [0.3, 0.4) is 0 Å². The molecule has 0 radical (unpaired) electrons. The lowest BCUT2D eigenvalue weighted by Crippen LogP contribution is -2.12. The van der Waals surface area contributed by atoms with Gasteiger partial charge in [0.2, 0.25) is 10.0 Å². The lowest BCUT2D eigenvalue weighted by atomic mass is 10.2. The average molecular weight is 350 g/mol. The van der Waals surface area contributed by atoms with Crippen LogP contribution in [-0.2, 0) is 10.0 Å². The highest BCUT2D eigenvalue weighted by Crippen LogP contribution is 2.27. The summed E-state index contributed by atoms with van der Waals surface area (Å²) < 4.78 is 27.6. The number of nitrogens with two attached hydrogens (primary N) is 1. The number of nitrogens with one attached hydrogen (secondary N) is 1. The molecule has 0 aliphatic rings. The smallest absolute Gasteiger partial charge is 0.295 e. The third-order valence-electron chi connectivity index (χ3n) is 2.99. The molecule has 9 nitrogen and oxygen atoms in total. The third-order valence-corrected chi connectivity index (χ3v) is 3.90. The highest BCUT2D eigenvalue weighted by molar-refractivity contribution is 7.89. The molecule has 0 aromatic heterocycles. The van der Waals surface area contributed by atoms with Crippen LogP contribution >= 0.6 is 0 Å². The number of hydrogen-bond donors (Lipinski definition) is 2. The van der Waals surface area contributed by atoms with Crippen LogP contribution in [0.1, 0.15) is 5.56 Å². The number of hydrazone groups is 1. The number of nitro benzene ring substituents is 1. The number of nitrogens with zero attached hydrogens (tertiary/aromatic N) is 2. The molecule has 2 rings (SSSR count). The number of ether oxygens (including phenoxy) is 1. The molecule has 126 valence electrons. The molecule has 0 fully saturated rings. The SMILES string of the molecule is COc1cccc(/C=N/Nc2ccc(S(N)(=O)=O)cc2[N+](=O)[O-])c1. The Morgan fingerprint density at radius 2 is 2.04 bits per heavy atom. The van der Waals surface area contributed by atoms with Gasteiger partial charge in [0.05, 0.1) is 23.1 Å². The van der Waals surface area contributed by atoms with Crippen LogP contribution in [0.5, 0.6) is 5.75 Å². The first-order valence-electron chi connectivity index (χ1n) is 6.55. The summed E-state index contributed by atoms with van der Waals surface area (Å²) >= 11 is 0. The van der Waals surface area contributed by atoms with Crippen LogP contribution in [0.2, 0.25) is 0 Å². The van der Waals surface area contributed by atoms with Gasteiger partial charge in [-0.05, 0) is 29.8 Å². The average Bonchev–Trinajstić information content (AvgIpc) is 2.54. The van der Waals surface area contributed by atoms with Crippen molar-refractivity contribution < 1.29 is 18.1 Å². The first-order valence-corrected chi connectivity index (χ1v) is 8.10. The molecule has 24 heavy (non-hydrogen) atoms. The van der Waals surface area contributed by atoms with E-state index in [0.717, 1.165) is 12.1 Å². The van der Waals surface area contributed by atoms with Crippen LogP contribution in [0.4, 0.5) is 11.4 Å². The molecule has 2 aromatic carbocycles. The summed E-state index contributed by atoms with van der Waals surface area (Å²) in [6.45, 7) is 0. The highest BCUT2D eigenvalue weighted by Gasteiger charge is 2.18. The van der Waals surface area contributed by atoms with Crippen molar-refractivity contribution in [3.63, 3.8) is 0 Å². The van der Waals surface area contributed by atoms with Crippen molar-refractivity contribution in [1.82, 2.24) is 0 Å². The van der Waals surface area contributed by atoms with E-state index < -0.39 is 20.6 Å². The topological polar surface area (TPSA) is 137 Å². The summed E-state index contributed by atoms with van der Waals surface area (Å²) in [7, 11) is -2.50. The van der Waals surface area contributed by atoms with E-state index in [-0.39, 0.29) is 10.6 Å². The van der Waals surface area contributed by atoms with Gasteiger partial charge in [0.1, 0.15) is 11.4 Å². The maximum absolute atomic E-state index is 11.3. The van der Waals surface area contributed by atoms with E-state index >= 15 is 0 Å². The largest absolute Gasteiger partial charge is 0.497 e. The number of primary sulfonamides is 1. The standard InChI is InChI=1S/C14H14N4O5S/c1-23-11-4-2-3-10(7-11)9-16-17-13-6-5-12(24(15,21)22)8-14(13)18(19)20/h2-9,17H,1H3,(H2,15,21,22)/b16-9+. The number of methoxy groups -OCH3 is 1. The first kappa shape index (κ1) is 17.4. The van der Waals surface area contributed by atoms with E-state index in [1.807, 2.05) is 0 Å². The van der Waals surface area contributed by atoms with E-state index in [1.165, 1.54) is 19.4 Å². The summed E-state index contributed by atoms with van der Waals surface area (Å²) in [5.41, 5.74) is 2.80. The minimum absolute atomic E-state index is 0.0338. The molecule has 0 aliphatic heterocycles. The van der Waals surface area contributed by atoms with Crippen molar-refractivity contribution in [3.05, 3.63) is 58.1 Å². The number of benzene rings is 2. The fourth-order valence-electron chi connectivity index (χ4n) is 1.83. The van der Waals surface area contributed by atoms with Gasteiger partial charge in [-0.15, -0.1) is 0 Å². The van der Waals surface area contributed by atoms with Crippen LogP contribution in [0, 0.1) is 10.1 Å². The van der Waals surface area contributed by atoms with Crippen molar-refractivity contribution in [2.75, 3.05) is 12.5 Å². The van der Waals surface area contributed by atoms with Gasteiger partial charge in [0.15, 0.2) is 0 Å². The molecule has 0 saturated carbocycles. The number of anilines is 1. The molecule has 0 unspecified atom stereocenters. The predicted molar refractivity (Wildman–Crippen MR) is 88.7 cm³/mol. The Morgan fingerprint density at radius 1 is 1.29 bits per heavy atom. The zero-order valence-corrected chi connectivity index (χ0v) is 13.4. The molecule has 3 N–H and O–H groups in total. The van der Waals surface area contributed by atoms with Crippen LogP contribution in [0.25, 0.3) is 0 Å². The maximum Gasteiger partial charge on any atom is 0.295 e. The Labute approximate surface area is 138 Å². The maximum atomic E-state index is 11.3. The quantitative estimate of drug-likeness (QED) is 0.462. The van der Waals surface area contributed by atoms with Gasteiger partial charge in [-0.3, -0.25) is 15.5 Å². The Kier molecular flexibility index (Phi) is 5.11. The summed E-state index contributed by atoms with van der Waals surface area (Å²) in [5.74, 6) is 0.641. The van der Waals surface area contributed by atoms with Gasteiger partial charge in [-0.2, -0.15) is 5.10 Å². The Balaban J connectivity index is 2.26. The second-order valence-corrected chi connectivity index (χ2v) is 6.19. The van der Waals surface area contributed by atoms with Crippen molar-refractivity contribution >= 4 is 27.6 Å². The van der Waals surface area contributed by atoms with Crippen molar-refractivity contribution in [1.29, 1.82) is 0 Å². The summed E-state index contributed by atoms with van der Waals surface area (Å²) in [6, 6.07) is 10.3. The minimum Gasteiger partial charge on any atom is -0.497 e. The first-order chi connectivity index (χ1) is 11.3. The van der Waals surface area contributed by atoms with Gasteiger partial charge in [0.25, 0.3) is 5.69 Å². The van der Waals surface area contributed by atoms with Crippen LogP contribution < -0.4 is 15.3 Å². The zero-order chi connectivity index (χ0) is 17.7. The Bertz CT molecular complexity index is 896. The molecule has 0 amide bonds. The number of sulfonamides is 1. The summed E-state index contributed by atoms with van der Waals surface area (Å²) in [4.78, 5) is 10.0. The Hall–Kier alpha value is -2.98. The number of nitro groups is 1. The fourth-order valence-corrected chi connectivity index (χ4v) is 2.37. The summed E-state index contributed by atoms with van der Waals surface area (Å²) in [6.07, 6.45) is 1.44. The Morgan fingerprint density at radius 3 is 2.67 bits per heavy atom.